The van der Waals surface area contributed by atoms with Gasteiger partial charge in [-0.25, -0.2) is 9.97 Å². The van der Waals surface area contributed by atoms with Gasteiger partial charge >= 0.3 is 0 Å². The summed E-state index contributed by atoms with van der Waals surface area (Å²) in [6.07, 6.45) is 3.18. The Morgan fingerprint density at radius 1 is 1.38 bits per heavy atom. The van der Waals surface area contributed by atoms with Crippen LogP contribution in [-0.2, 0) is 0 Å². The van der Waals surface area contributed by atoms with E-state index in [1.807, 2.05) is 14.1 Å². The smallest absolute Gasteiger partial charge is 0.171 e. The molecule has 0 atom stereocenters. The van der Waals surface area contributed by atoms with Crippen molar-refractivity contribution in [2.24, 2.45) is 0 Å². The summed E-state index contributed by atoms with van der Waals surface area (Å²) in [7, 11) is 4.03. The van der Waals surface area contributed by atoms with Crippen molar-refractivity contribution in [3.05, 3.63) is 17.5 Å². The van der Waals surface area contributed by atoms with Gasteiger partial charge in [0.05, 0.1) is 0 Å². The second-order valence-corrected chi connectivity index (χ2v) is 3.28. The van der Waals surface area contributed by atoms with Crippen LogP contribution in [0.5, 0.6) is 0 Å². The van der Waals surface area contributed by atoms with Crippen molar-refractivity contribution in [2.75, 3.05) is 32.5 Å². The van der Waals surface area contributed by atoms with Crippen LogP contribution in [0.2, 0.25) is 5.15 Å². The molecule has 0 radical (unpaired) electrons. The highest BCUT2D eigenvalue weighted by Crippen LogP contribution is 2.13. The topological polar surface area (TPSA) is 41.0 Å². The molecule has 1 heterocycles. The summed E-state index contributed by atoms with van der Waals surface area (Å²) >= 11 is 5.79. The first-order chi connectivity index (χ1) is 6.20. The van der Waals surface area contributed by atoms with Gasteiger partial charge in [0.15, 0.2) is 11.0 Å². The Balaban J connectivity index is 2.41. The number of nitrogens with zero attached hydrogens (tertiary/aromatic N) is 3. The molecule has 5 heteroatoms. The van der Waals surface area contributed by atoms with Crippen LogP contribution in [0.1, 0.15) is 0 Å². The zero-order valence-electron chi connectivity index (χ0n) is 7.79. The van der Waals surface area contributed by atoms with E-state index >= 15 is 0 Å². The van der Waals surface area contributed by atoms with E-state index in [9.17, 15) is 0 Å². The molecule has 0 unspecified atom stereocenters. The zero-order chi connectivity index (χ0) is 9.68. The molecule has 0 aliphatic heterocycles. The first-order valence-corrected chi connectivity index (χ1v) is 4.43. The monoisotopic (exact) mass is 200 g/mol. The minimum Gasteiger partial charge on any atom is -0.366 e. The number of likely N-dealkylation sites (N-methyl/N-ethyl adjacent to an activating group) is 1. The van der Waals surface area contributed by atoms with Crippen LogP contribution in [0.25, 0.3) is 0 Å². The zero-order valence-corrected chi connectivity index (χ0v) is 8.54. The number of aromatic nitrogens is 2. The Labute approximate surface area is 82.9 Å². The van der Waals surface area contributed by atoms with Crippen molar-refractivity contribution in [1.82, 2.24) is 14.9 Å². The molecule has 0 bridgehead atoms. The van der Waals surface area contributed by atoms with E-state index in [0.29, 0.717) is 11.0 Å². The number of hydrogen-bond donors (Lipinski definition) is 1. The van der Waals surface area contributed by atoms with Crippen LogP contribution in [0.4, 0.5) is 5.82 Å². The van der Waals surface area contributed by atoms with Gasteiger partial charge in [-0.2, -0.15) is 0 Å². The summed E-state index contributed by atoms with van der Waals surface area (Å²) in [5, 5.41) is 3.51. The highest BCUT2D eigenvalue weighted by Gasteiger charge is 1.99. The highest BCUT2D eigenvalue weighted by atomic mass is 35.5. The van der Waals surface area contributed by atoms with E-state index in [2.05, 4.69) is 20.2 Å². The quantitative estimate of drug-likeness (QED) is 0.791. The fourth-order valence-corrected chi connectivity index (χ4v) is 1.01. The molecule has 72 valence electrons. The maximum absolute atomic E-state index is 5.79. The Hall–Kier alpha value is -0.870. The van der Waals surface area contributed by atoms with Crippen LogP contribution in [0.15, 0.2) is 12.4 Å². The van der Waals surface area contributed by atoms with Gasteiger partial charge in [-0.05, 0) is 14.1 Å². The average Bonchev–Trinajstić information content (AvgIpc) is 2.08. The summed E-state index contributed by atoms with van der Waals surface area (Å²) in [4.78, 5) is 10.0. The average molecular weight is 201 g/mol. The Morgan fingerprint density at radius 3 is 2.69 bits per heavy atom. The molecule has 0 amide bonds. The Morgan fingerprint density at radius 2 is 2.08 bits per heavy atom. The molecular formula is C8H13ClN4. The second-order valence-electron chi connectivity index (χ2n) is 2.93. The van der Waals surface area contributed by atoms with Crippen molar-refractivity contribution in [3.63, 3.8) is 0 Å². The van der Waals surface area contributed by atoms with Gasteiger partial charge in [-0.3, -0.25) is 0 Å². The maximum atomic E-state index is 5.79. The predicted molar refractivity (Wildman–Crippen MR) is 54.1 cm³/mol. The molecule has 1 aromatic rings. The third-order valence-electron chi connectivity index (χ3n) is 1.51. The van der Waals surface area contributed by atoms with Crippen LogP contribution < -0.4 is 5.32 Å². The Bertz CT molecular complexity index is 264. The maximum Gasteiger partial charge on any atom is 0.171 e. The van der Waals surface area contributed by atoms with Crippen molar-refractivity contribution < 1.29 is 0 Å². The van der Waals surface area contributed by atoms with Crippen molar-refractivity contribution in [1.29, 1.82) is 0 Å². The van der Waals surface area contributed by atoms with Crippen molar-refractivity contribution in [2.45, 2.75) is 0 Å². The minimum atomic E-state index is 0.418. The molecule has 0 spiro atoms. The molecule has 1 rings (SSSR count). The molecule has 0 aliphatic rings. The molecule has 0 saturated heterocycles. The van der Waals surface area contributed by atoms with E-state index in [4.69, 9.17) is 11.6 Å². The third-order valence-corrected chi connectivity index (χ3v) is 1.78. The lowest BCUT2D eigenvalue weighted by molar-refractivity contribution is 0.425. The van der Waals surface area contributed by atoms with Gasteiger partial charge in [0.25, 0.3) is 0 Å². The number of hydrogen-bond acceptors (Lipinski definition) is 4. The predicted octanol–water partition coefficient (Wildman–Crippen LogP) is 1.10. The molecule has 1 N–H and O–H groups in total. The van der Waals surface area contributed by atoms with E-state index in [1.165, 1.54) is 0 Å². The van der Waals surface area contributed by atoms with Gasteiger partial charge in [0.1, 0.15) is 0 Å². The summed E-state index contributed by atoms with van der Waals surface area (Å²) in [5.41, 5.74) is 0. The van der Waals surface area contributed by atoms with Crippen LogP contribution in [0.3, 0.4) is 0 Å². The molecule has 13 heavy (non-hydrogen) atoms. The summed E-state index contributed by atoms with van der Waals surface area (Å²) in [6.45, 7) is 1.75. The molecule has 0 saturated carbocycles. The number of halogens is 1. The minimum absolute atomic E-state index is 0.418. The fourth-order valence-electron chi connectivity index (χ4n) is 0.838. The van der Waals surface area contributed by atoms with E-state index in [-0.39, 0.29) is 0 Å². The summed E-state index contributed by atoms with van der Waals surface area (Å²) in [6, 6.07) is 0. The molecule has 0 aromatic carbocycles. The molecule has 0 aliphatic carbocycles. The van der Waals surface area contributed by atoms with Crippen molar-refractivity contribution >= 4 is 17.4 Å². The largest absolute Gasteiger partial charge is 0.366 e. The number of rotatable bonds is 4. The SMILES string of the molecule is CN(C)CCNc1nccnc1Cl. The van der Waals surface area contributed by atoms with Crippen LogP contribution >= 0.6 is 11.6 Å². The lowest BCUT2D eigenvalue weighted by Gasteiger charge is -2.10. The molecule has 0 fully saturated rings. The van der Waals surface area contributed by atoms with Gasteiger partial charge < -0.3 is 10.2 Å². The lowest BCUT2D eigenvalue weighted by Crippen LogP contribution is -2.21. The Kier molecular flexibility index (Phi) is 3.92. The number of anilines is 1. The standard InChI is InChI=1S/C8H13ClN4/c1-13(2)6-5-12-8-7(9)10-3-4-11-8/h3-4H,5-6H2,1-2H3,(H,11,12). The van der Waals surface area contributed by atoms with E-state index in [0.717, 1.165) is 13.1 Å². The van der Waals surface area contributed by atoms with Gasteiger partial charge in [-0.1, -0.05) is 11.6 Å². The van der Waals surface area contributed by atoms with E-state index in [1.54, 1.807) is 12.4 Å². The summed E-state index contributed by atoms with van der Waals surface area (Å²) in [5.74, 6) is 0.644. The lowest BCUT2D eigenvalue weighted by atomic mass is 10.5. The normalized spacial score (nSPS) is 10.5. The van der Waals surface area contributed by atoms with Crippen LogP contribution in [-0.4, -0.2) is 42.1 Å². The highest BCUT2D eigenvalue weighted by molar-refractivity contribution is 6.31. The first-order valence-electron chi connectivity index (χ1n) is 4.05. The van der Waals surface area contributed by atoms with Crippen molar-refractivity contribution in [3.8, 4) is 0 Å². The fraction of sp³-hybridized carbons (Fsp3) is 0.500. The first kappa shape index (κ1) is 10.2. The van der Waals surface area contributed by atoms with Crippen LogP contribution in [0, 0.1) is 0 Å². The molecule has 1 aromatic heterocycles. The second kappa shape index (κ2) is 4.99. The van der Waals surface area contributed by atoms with Gasteiger partial charge in [0.2, 0.25) is 0 Å². The molecule has 4 nitrogen and oxygen atoms in total. The summed E-state index contributed by atoms with van der Waals surface area (Å²) < 4.78 is 0. The number of nitrogens with one attached hydrogen (secondary N) is 1. The van der Waals surface area contributed by atoms with Gasteiger partial charge in [0, 0.05) is 25.5 Å². The molecular weight excluding hydrogens is 188 g/mol. The van der Waals surface area contributed by atoms with Gasteiger partial charge in [-0.15, -0.1) is 0 Å². The third kappa shape index (κ3) is 3.57. The van der Waals surface area contributed by atoms with E-state index < -0.39 is 0 Å².